The van der Waals surface area contributed by atoms with Crippen molar-refractivity contribution in [3.05, 3.63) is 131 Å². The van der Waals surface area contributed by atoms with Gasteiger partial charge in [-0.2, -0.15) is 12.1 Å². The molecular formula is C44H52Cl2SiZr. The van der Waals surface area contributed by atoms with Crippen molar-refractivity contribution in [2.75, 3.05) is 0 Å². The summed E-state index contributed by atoms with van der Waals surface area (Å²) in [5.41, 5.74) is 11.1. The molecule has 6 rings (SSSR count). The van der Waals surface area contributed by atoms with Crippen LogP contribution in [0.5, 0.6) is 0 Å². The van der Waals surface area contributed by atoms with E-state index >= 15 is 0 Å². The monoisotopic (exact) mass is 768 g/mol. The van der Waals surface area contributed by atoms with E-state index in [1.807, 2.05) is 0 Å². The molecule has 0 aliphatic carbocycles. The Bertz CT molecular complexity index is 1820. The third-order valence-electron chi connectivity index (χ3n) is 8.61. The van der Waals surface area contributed by atoms with Gasteiger partial charge in [0, 0.05) is 9.52 Å². The van der Waals surface area contributed by atoms with E-state index in [4.69, 9.17) is 17.0 Å². The first kappa shape index (κ1) is 40.2. The average Bonchev–Trinajstić information content (AvgIpc) is 3.70. The number of rotatable bonds is 5. The van der Waals surface area contributed by atoms with E-state index in [9.17, 15) is 0 Å². The van der Waals surface area contributed by atoms with E-state index in [-0.39, 0.29) is 5.41 Å². The zero-order chi connectivity index (χ0) is 35.4. The summed E-state index contributed by atoms with van der Waals surface area (Å²) >= 11 is -0.826. The molecule has 0 heterocycles. The van der Waals surface area contributed by atoms with Crippen molar-refractivity contribution in [2.45, 2.75) is 92.2 Å². The van der Waals surface area contributed by atoms with Crippen LogP contribution >= 0.6 is 17.0 Å². The SMILES string of the molecule is CC(C)c1cc2c(-c3ccc(C(C)(C)C)cc3)cccc2[cH-]1.CCc1cc2c(-c3ccc(C(C)C)cc3)cccc2[cH-]1.C[Si]C.[Cl][Zr+2][Cl]. The van der Waals surface area contributed by atoms with Crippen molar-refractivity contribution in [3.63, 3.8) is 0 Å². The third kappa shape index (κ3) is 10.9. The van der Waals surface area contributed by atoms with Crippen molar-refractivity contribution in [1.29, 1.82) is 0 Å². The summed E-state index contributed by atoms with van der Waals surface area (Å²) in [5, 5.41) is 5.45. The van der Waals surface area contributed by atoms with Crippen LogP contribution in [-0.2, 0) is 32.7 Å². The van der Waals surface area contributed by atoms with Gasteiger partial charge in [-0.25, -0.2) is 0 Å². The quantitative estimate of drug-likeness (QED) is 0.121. The van der Waals surface area contributed by atoms with Gasteiger partial charge in [-0.1, -0.05) is 140 Å². The number of fused-ring (bicyclic) bond motifs is 2. The Morgan fingerprint density at radius 2 is 1.12 bits per heavy atom. The number of halogens is 2. The molecule has 6 aromatic rings. The molecule has 0 spiro atoms. The predicted molar refractivity (Wildman–Crippen MR) is 215 cm³/mol. The second-order valence-electron chi connectivity index (χ2n) is 14.0. The minimum absolute atomic E-state index is 0.204. The van der Waals surface area contributed by atoms with Crippen LogP contribution in [0.15, 0.2) is 109 Å². The molecule has 0 saturated carbocycles. The first-order chi connectivity index (χ1) is 22.9. The van der Waals surface area contributed by atoms with Crippen molar-refractivity contribution < 1.29 is 20.8 Å². The molecule has 250 valence electrons. The molecule has 0 amide bonds. The maximum atomic E-state index is 4.93. The predicted octanol–water partition coefficient (Wildman–Crippen LogP) is 14.7. The molecule has 0 N–H and O–H groups in total. The Labute approximate surface area is 312 Å². The molecule has 4 heteroatoms. The van der Waals surface area contributed by atoms with Gasteiger partial charge in [-0.15, -0.1) is 69.1 Å². The Morgan fingerprint density at radius 3 is 1.56 bits per heavy atom. The summed E-state index contributed by atoms with van der Waals surface area (Å²) in [6.07, 6.45) is 1.10. The van der Waals surface area contributed by atoms with Gasteiger partial charge in [0.05, 0.1) is 0 Å². The Morgan fingerprint density at radius 1 is 0.667 bits per heavy atom. The summed E-state index contributed by atoms with van der Waals surface area (Å²) in [5.74, 6) is 1.16. The molecule has 0 aliphatic heterocycles. The summed E-state index contributed by atoms with van der Waals surface area (Å²) in [6, 6.07) is 40.6. The molecule has 0 aromatic heterocycles. The summed E-state index contributed by atoms with van der Waals surface area (Å²) in [4.78, 5) is 0. The van der Waals surface area contributed by atoms with Crippen molar-refractivity contribution in [1.82, 2.24) is 0 Å². The Kier molecular flexibility index (Phi) is 16.1. The van der Waals surface area contributed by atoms with Crippen LogP contribution in [0, 0.1) is 0 Å². The van der Waals surface area contributed by atoms with Crippen LogP contribution in [0.2, 0.25) is 13.1 Å². The zero-order valence-corrected chi connectivity index (χ0v) is 35.5. The fraction of sp³-hybridized carbons (Fsp3) is 0.318. The van der Waals surface area contributed by atoms with E-state index in [0.29, 0.717) is 11.8 Å². The summed E-state index contributed by atoms with van der Waals surface area (Å²) < 4.78 is 0. The van der Waals surface area contributed by atoms with Crippen molar-refractivity contribution in [3.8, 4) is 22.3 Å². The topological polar surface area (TPSA) is 0 Å². The number of benzene rings is 4. The molecule has 0 bridgehead atoms. The van der Waals surface area contributed by atoms with E-state index in [2.05, 4.69) is 178 Å². The van der Waals surface area contributed by atoms with Crippen LogP contribution in [0.4, 0.5) is 0 Å². The maximum absolute atomic E-state index is 4.93. The van der Waals surface area contributed by atoms with Crippen LogP contribution in [0.1, 0.15) is 89.5 Å². The van der Waals surface area contributed by atoms with Crippen LogP contribution in [0.3, 0.4) is 0 Å². The third-order valence-corrected chi connectivity index (χ3v) is 8.61. The van der Waals surface area contributed by atoms with Crippen LogP contribution in [-0.4, -0.2) is 9.52 Å². The Balaban J connectivity index is 0.000000225. The van der Waals surface area contributed by atoms with Gasteiger partial charge in [0.15, 0.2) is 0 Å². The Hall–Kier alpha value is -2.22. The number of hydrogen-bond donors (Lipinski definition) is 0. The van der Waals surface area contributed by atoms with Gasteiger partial charge in [0.25, 0.3) is 0 Å². The van der Waals surface area contributed by atoms with E-state index < -0.39 is 20.8 Å². The van der Waals surface area contributed by atoms with Gasteiger partial charge < -0.3 is 0 Å². The fourth-order valence-electron chi connectivity index (χ4n) is 5.79. The normalized spacial score (nSPS) is 11.0. The second kappa shape index (κ2) is 19.2. The van der Waals surface area contributed by atoms with E-state index in [1.54, 1.807) is 0 Å². The average molecular weight is 771 g/mol. The zero-order valence-electron chi connectivity index (χ0n) is 30.5. The van der Waals surface area contributed by atoms with Gasteiger partial charge in [-0.05, 0) is 45.9 Å². The van der Waals surface area contributed by atoms with Gasteiger partial charge in [-0.3, -0.25) is 0 Å². The fourth-order valence-corrected chi connectivity index (χ4v) is 5.79. The van der Waals surface area contributed by atoms with Gasteiger partial charge in [0.2, 0.25) is 0 Å². The molecule has 0 atom stereocenters. The first-order valence-electron chi connectivity index (χ1n) is 17.0. The molecule has 6 aromatic carbocycles. The second-order valence-corrected chi connectivity index (χ2v) is 18.7. The summed E-state index contributed by atoms with van der Waals surface area (Å²) in [6.45, 7) is 22.3. The number of hydrogen-bond acceptors (Lipinski definition) is 0. The first-order valence-corrected chi connectivity index (χ1v) is 25.3. The standard InChI is InChI=1S/C22H25.C20H21.C2H6Si.2ClH.Zr/c1-15(2)18-13-17-7-6-8-20(21(17)14-18)16-9-11-19(12-10-16)22(3,4)5;1-4-15-12-18-6-5-7-19(20(18)13-15)17-10-8-16(9-11-17)14(2)3;1-3-2;;;/h6-15H,1-5H3;5-14H,4H2,1-3H3;1-2H3;2*1H;/q2*-1;;;;+4/p-2. The van der Waals surface area contributed by atoms with Gasteiger partial charge in [0.1, 0.15) is 0 Å². The van der Waals surface area contributed by atoms with Crippen LogP contribution < -0.4 is 0 Å². The molecule has 0 nitrogen and oxygen atoms in total. The molecule has 0 unspecified atom stereocenters. The number of aryl methyl sites for hydroxylation is 1. The van der Waals surface area contributed by atoms with Crippen molar-refractivity contribution >= 4 is 48.1 Å². The molecule has 48 heavy (non-hydrogen) atoms. The molecular weight excluding hydrogens is 719 g/mol. The molecule has 0 fully saturated rings. The van der Waals surface area contributed by atoms with E-state index in [1.165, 1.54) is 66.1 Å². The van der Waals surface area contributed by atoms with Gasteiger partial charge >= 0.3 is 37.9 Å². The molecule has 0 saturated heterocycles. The van der Waals surface area contributed by atoms with E-state index in [0.717, 1.165) is 15.9 Å². The molecule has 2 radical (unpaired) electrons. The van der Waals surface area contributed by atoms with Crippen LogP contribution in [0.25, 0.3) is 43.8 Å². The molecule has 0 aliphatic rings. The van der Waals surface area contributed by atoms with Crippen molar-refractivity contribution in [2.24, 2.45) is 0 Å². The summed E-state index contributed by atoms with van der Waals surface area (Å²) in [7, 11) is 11.0. The minimum atomic E-state index is -0.826.